The molecule has 442 valence electrons. The van der Waals surface area contributed by atoms with Crippen LogP contribution in [0.3, 0.4) is 0 Å². The molecule has 0 saturated heterocycles. The molecule has 94 heavy (non-hydrogen) atoms. The van der Waals surface area contributed by atoms with Gasteiger partial charge in [0, 0.05) is 67.0 Å². The van der Waals surface area contributed by atoms with Crippen molar-refractivity contribution in [2.75, 3.05) is 9.80 Å². The first-order valence-corrected chi connectivity index (χ1v) is 32.2. The number of aromatic nitrogens is 2. The van der Waals surface area contributed by atoms with Crippen molar-refractivity contribution in [1.29, 1.82) is 0 Å². The number of benzene rings is 15. The summed E-state index contributed by atoms with van der Waals surface area (Å²) in [6.07, 6.45) is 0. The second-order valence-corrected chi connectivity index (χ2v) is 24.1. The molecular formula is C90H62N4. The van der Waals surface area contributed by atoms with Crippen molar-refractivity contribution in [3.8, 4) is 78.1 Å². The summed E-state index contributed by atoms with van der Waals surface area (Å²) >= 11 is 0. The zero-order valence-corrected chi connectivity index (χ0v) is 51.6. The fraction of sp³-hybridized carbons (Fsp3) is 0. The van der Waals surface area contributed by atoms with Gasteiger partial charge in [0.25, 0.3) is 0 Å². The van der Waals surface area contributed by atoms with Crippen LogP contribution >= 0.6 is 0 Å². The molecule has 17 rings (SSSR count). The van der Waals surface area contributed by atoms with Crippen molar-refractivity contribution in [2.24, 2.45) is 0 Å². The standard InChI is InChI=1S/C90H62N4/c1-3-19-63(20-4-1)64-39-49-78(50-40-64)92(80-57-47-68(48-58-80)74-26-18-30-82(62-74)94-89-37-13-9-33-85(89)86-34-10-14-38-90(86)94)79-53-43-66(44-54-79)70-22-16-24-72(60-70)71-23-15-21-69(59-71)65-41-51-76(52-42-65)91(75-27-5-2-6-28-75)77-55-45-67(46-56-77)73-25-17-29-81(61-73)93-87-35-11-7-31-83(87)84-32-8-12-36-88(84)93/h1-62H. The second-order valence-electron chi connectivity index (χ2n) is 24.1. The van der Waals surface area contributed by atoms with Crippen molar-refractivity contribution < 1.29 is 0 Å². The van der Waals surface area contributed by atoms with Crippen LogP contribution in [0.1, 0.15) is 0 Å². The first kappa shape index (κ1) is 55.6. The molecule has 0 amide bonds. The molecule has 15 aromatic carbocycles. The van der Waals surface area contributed by atoms with E-state index in [0.29, 0.717) is 0 Å². The fourth-order valence-corrected chi connectivity index (χ4v) is 13.9. The molecule has 4 heteroatoms. The van der Waals surface area contributed by atoms with Crippen LogP contribution in [0, 0.1) is 0 Å². The fourth-order valence-electron chi connectivity index (χ4n) is 13.9. The molecule has 4 nitrogen and oxygen atoms in total. The van der Waals surface area contributed by atoms with Gasteiger partial charge in [0.05, 0.1) is 22.1 Å². The Kier molecular flexibility index (Phi) is 14.2. The summed E-state index contributed by atoms with van der Waals surface area (Å²) in [4.78, 5) is 4.69. The minimum absolute atomic E-state index is 1.07. The molecule has 0 N–H and O–H groups in total. The zero-order chi connectivity index (χ0) is 62.3. The van der Waals surface area contributed by atoms with Gasteiger partial charge in [-0.25, -0.2) is 0 Å². The van der Waals surface area contributed by atoms with Gasteiger partial charge in [-0.05, 0) is 200 Å². The molecule has 0 radical (unpaired) electrons. The van der Waals surface area contributed by atoms with E-state index in [1.54, 1.807) is 0 Å². The van der Waals surface area contributed by atoms with Gasteiger partial charge in [0.1, 0.15) is 0 Å². The molecule has 0 aliphatic rings. The lowest BCUT2D eigenvalue weighted by molar-refractivity contribution is 1.18. The smallest absolute Gasteiger partial charge is 0.0541 e. The maximum Gasteiger partial charge on any atom is 0.0541 e. The molecule has 0 unspecified atom stereocenters. The van der Waals surface area contributed by atoms with E-state index in [1.165, 1.54) is 65.9 Å². The first-order chi connectivity index (χ1) is 46.6. The largest absolute Gasteiger partial charge is 0.311 e. The summed E-state index contributed by atoms with van der Waals surface area (Å²) in [5.74, 6) is 0. The van der Waals surface area contributed by atoms with Crippen molar-refractivity contribution in [3.05, 3.63) is 376 Å². The van der Waals surface area contributed by atoms with Gasteiger partial charge in [0.15, 0.2) is 0 Å². The summed E-state index contributed by atoms with van der Waals surface area (Å²) in [5.41, 5.74) is 27.6. The van der Waals surface area contributed by atoms with Gasteiger partial charge >= 0.3 is 0 Å². The molecule has 0 spiro atoms. The Morgan fingerprint density at radius 3 is 0.681 bits per heavy atom. The average Bonchev–Trinajstić information content (AvgIpc) is 1.61. The highest BCUT2D eigenvalue weighted by molar-refractivity contribution is 6.10. The van der Waals surface area contributed by atoms with Crippen LogP contribution in [0.2, 0.25) is 0 Å². The normalized spacial score (nSPS) is 11.4. The quantitative estimate of drug-likeness (QED) is 0.108. The van der Waals surface area contributed by atoms with E-state index in [-0.39, 0.29) is 0 Å². The predicted octanol–water partition coefficient (Wildman–Crippen LogP) is 24.8. The lowest BCUT2D eigenvalue weighted by Gasteiger charge is -2.26. The monoisotopic (exact) mass is 1200 g/mol. The highest BCUT2D eigenvalue weighted by Gasteiger charge is 2.19. The number of para-hydroxylation sites is 5. The summed E-state index contributed by atoms with van der Waals surface area (Å²) in [6, 6.07) is 137. The van der Waals surface area contributed by atoms with E-state index < -0.39 is 0 Å². The molecule has 0 aliphatic carbocycles. The van der Waals surface area contributed by atoms with Gasteiger partial charge in [-0.1, -0.05) is 243 Å². The molecule has 0 saturated carbocycles. The molecule has 0 aliphatic heterocycles. The van der Waals surface area contributed by atoms with Gasteiger partial charge < -0.3 is 18.9 Å². The van der Waals surface area contributed by atoms with Crippen LogP contribution in [-0.2, 0) is 0 Å². The second kappa shape index (κ2) is 24.0. The minimum Gasteiger partial charge on any atom is -0.311 e. The maximum atomic E-state index is 2.39. The Bertz CT molecular complexity index is 5470. The van der Waals surface area contributed by atoms with E-state index in [0.717, 1.165) is 90.0 Å². The van der Waals surface area contributed by atoms with Crippen molar-refractivity contribution in [3.63, 3.8) is 0 Å². The van der Waals surface area contributed by atoms with Gasteiger partial charge in [-0.2, -0.15) is 0 Å². The van der Waals surface area contributed by atoms with Gasteiger partial charge in [-0.15, -0.1) is 0 Å². The van der Waals surface area contributed by atoms with Crippen LogP contribution in [0.4, 0.5) is 34.1 Å². The first-order valence-electron chi connectivity index (χ1n) is 32.2. The highest BCUT2D eigenvalue weighted by Crippen LogP contribution is 2.42. The van der Waals surface area contributed by atoms with E-state index in [2.05, 4.69) is 395 Å². The lowest BCUT2D eigenvalue weighted by atomic mass is 9.96. The number of fused-ring (bicyclic) bond motifs is 6. The minimum atomic E-state index is 1.07. The Balaban J connectivity index is 0.633. The van der Waals surface area contributed by atoms with Crippen LogP contribution in [-0.4, -0.2) is 9.13 Å². The molecule has 0 atom stereocenters. The van der Waals surface area contributed by atoms with Crippen LogP contribution in [0.5, 0.6) is 0 Å². The Labute approximate surface area is 547 Å². The van der Waals surface area contributed by atoms with E-state index >= 15 is 0 Å². The molecule has 0 fully saturated rings. The van der Waals surface area contributed by atoms with Crippen molar-refractivity contribution in [1.82, 2.24) is 9.13 Å². The van der Waals surface area contributed by atoms with Gasteiger partial charge in [-0.3, -0.25) is 0 Å². The molecule has 2 aromatic heterocycles. The third kappa shape index (κ3) is 10.4. The summed E-state index contributed by atoms with van der Waals surface area (Å²) < 4.78 is 4.77. The summed E-state index contributed by atoms with van der Waals surface area (Å²) in [7, 11) is 0. The van der Waals surface area contributed by atoms with Crippen molar-refractivity contribution in [2.45, 2.75) is 0 Å². The predicted molar refractivity (Wildman–Crippen MR) is 397 cm³/mol. The third-order valence-electron chi connectivity index (χ3n) is 18.5. The van der Waals surface area contributed by atoms with Gasteiger partial charge in [0.2, 0.25) is 0 Å². The number of nitrogens with zero attached hydrogens (tertiary/aromatic N) is 4. The number of rotatable bonds is 14. The third-order valence-corrected chi connectivity index (χ3v) is 18.5. The maximum absolute atomic E-state index is 2.39. The summed E-state index contributed by atoms with van der Waals surface area (Å²) in [5, 5.41) is 5.04. The van der Waals surface area contributed by atoms with E-state index in [1.807, 2.05) is 0 Å². The zero-order valence-electron chi connectivity index (χ0n) is 51.6. The lowest BCUT2D eigenvalue weighted by Crippen LogP contribution is -2.09. The topological polar surface area (TPSA) is 16.3 Å². The van der Waals surface area contributed by atoms with E-state index in [9.17, 15) is 0 Å². The SMILES string of the molecule is c1ccc(-c2ccc(N(c3ccc(-c4cccc(-c5cccc(-c6ccc(N(c7ccccc7)c7ccc(-c8cccc(-n9c%10ccccc%10c%10ccccc%109)c8)cc7)cc6)c5)c4)cc3)c3ccc(-c4cccc(-n5c6ccccc6c6ccccc65)c4)cc3)cc2)cc1. The number of anilines is 6. The van der Waals surface area contributed by atoms with Crippen LogP contribution < -0.4 is 9.80 Å². The molecule has 0 bridgehead atoms. The molecule has 2 heterocycles. The Morgan fingerprint density at radius 2 is 0.362 bits per heavy atom. The molecular weight excluding hydrogens is 1140 g/mol. The Morgan fingerprint density at radius 1 is 0.149 bits per heavy atom. The summed E-state index contributed by atoms with van der Waals surface area (Å²) in [6.45, 7) is 0. The number of hydrogen-bond acceptors (Lipinski definition) is 2. The van der Waals surface area contributed by atoms with E-state index in [4.69, 9.17) is 0 Å². The Hall–Kier alpha value is -12.5. The van der Waals surface area contributed by atoms with Crippen molar-refractivity contribution >= 4 is 77.7 Å². The number of hydrogen-bond donors (Lipinski definition) is 0. The highest BCUT2D eigenvalue weighted by atomic mass is 15.1. The van der Waals surface area contributed by atoms with Crippen LogP contribution in [0.25, 0.3) is 122 Å². The van der Waals surface area contributed by atoms with Crippen LogP contribution in [0.15, 0.2) is 376 Å². The molecule has 17 aromatic rings. The average molecular weight is 1200 g/mol.